The first-order chi connectivity index (χ1) is 8.34. The van der Waals surface area contributed by atoms with Crippen LogP contribution in [-0.4, -0.2) is 4.98 Å². The highest BCUT2D eigenvalue weighted by molar-refractivity contribution is 5.94. The van der Waals surface area contributed by atoms with Crippen molar-refractivity contribution in [2.75, 3.05) is 0 Å². The number of benzene rings is 2. The molecule has 0 fully saturated rings. The lowest BCUT2D eigenvalue weighted by Gasteiger charge is -2.06. The van der Waals surface area contributed by atoms with Crippen LogP contribution in [0.15, 0.2) is 60.8 Å². The Labute approximate surface area is 101 Å². The van der Waals surface area contributed by atoms with Crippen LogP contribution in [-0.2, 0) is 0 Å². The molecule has 3 aromatic rings. The van der Waals surface area contributed by atoms with E-state index < -0.39 is 0 Å². The minimum absolute atomic E-state index is 1.05. The fourth-order valence-corrected chi connectivity index (χ4v) is 2.08. The molecule has 0 radical (unpaired) electrons. The van der Waals surface area contributed by atoms with E-state index in [0.29, 0.717) is 0 Å². The van der Waals surface area contributed by atoms with E-state index in [4.69, 9.17) is 0 Å². The SMILES string of the molecule is Cc1ccc(-c2ccnc3ccccc23)cc1. The molecule has 0 aliphatic rings. The van der Waals surface area contributed by atoms with Crippen LogP contribution in [0.4, 0.5) is 0 Å². The summed E-state index contributed by atoms with van der Waals surface area (Å²) < 4.78 is 0. The zero-order chi connectivity index (χ0) is 11.7. The van der Waals surface area contributed by atoms with Gasteiger partial charge in [-0.2, -0.15) is 0 Å². The van der Waals surface area contributed by atoms with Gasteiger partial charge in [0, 0.05) is 11.6 Å². The van der Waals surface area contributed by atoms with Crippen molar-refractivity contribution < 1.29 is 0 Å². The number of nitrogens with zero attached hydrogens (tertiary/aromatic N) is 1. The third-order valence-corrected chi connectivity index (χ3v) is 3.01. The minimum Gasteiger partial charge on any atom is -0.256 e. The third kappa shape index (κ3) is 1.80. The molecule has 0 bridgehead atoms. The van der Waals surface area contributed by atoms with Crippen LogP contribution < -0.4 is 0 Å². The molecule has 0 aliphatic carbocycles. The van der Waals surface area contributed by atoms with E-state index >= 15 is 0 Å². The van der Waals surface area contributed by atoms with Gasteiger partial charge in [-0.05, 0) is 30.2 Å². The smallest absolute Gasteiger partial charge is 0.0708 e. The molecule has 0 saturated carbocycles. The molecule has 0 N–H and O–H groups in total. The monoisotopic (exact) mass is 219 g/mol. The van der Waals surface area contributed by atoms with Crippen molar-refractivity contribution in [1.82, 2.24) is 4.98 Å². The zero-order valence-corrected chi connectivity index (χ0v) is 9.72. The van der Waals surface area contributed by atoms with E-state index in [2.05, 4.69) is 54.4 Å². The first-order valence-corrected chi connectivity index (χ1v) is 5.75. The zero-order valence-electron chi connectivity index (χ0n) is 9.72. The van der Waals surface area contributed by atoms with Crippen molar-refractivity contribution in [3.63, 3.8) is 0 Å². The number of fused-ring (bicyclic) bond motifs is 1. The van der Waals surface area contributed by atoms with Gasteiger partial charge in [0.1, 0.15) is 0 Å². The van der Waals surface area contributed by atoms with Crippen LogP contribution in [0.1, 0.15) is 5.56 Å². The highest BCUT2D eigenvalue weighted by Crippen LogP contribution is 2.27. The normalized spacial score (nSPS) is 10.6. The van der Waals surface area contributed by atoms with E-state index in [1.807, 2.05) is 18.3 Å². The molecule has 0 atom stereocenters. The van der Waals surface area contributed by atoms with Crippen molar-refractivity contribution in [3.05, 3.63) is 66.4 Å². The van der Waals surface area contributed by atoms with Crippen molar-refractivity contribution in [1.29, 1.82) is 0 Å². The largest absolute Gasteiger partial charge is 0.256 e. The summed E-state index contributed by atoms with van der Waals surface area (Å²) in [4.78, 5) is 4.38. The van der Waals surface area contributed by atoms with E-state index in [-0.39, 0.29) is 0 Å². The van der Waals surface area contributed by atoms with Gasteiger partial charge in [-0.1, -0.05) is 48.0 Å². The Balaban J connectivity index is 2.27. The number of pyridine rings is 1. The summed E-state index contributed by atoms with van der Waals surface area (Å²) in [5.74, 6) is 0. The van der Waals surface area contributed by atoms with E-state index in [1.165, 1.54) is 22.1 Å². The molecule has 3 rings (SSSR count). The molecule has 0 aliphatic heterocycles. The van der Waals surface area contributed by atoms with Crippen molar-refractivity contribution in [3.8, 4) is 11.1 Å². The average Bonchev–Trinajstić information content (AvgIpc) is 2.39. The molecule has 17 heavy (non-hydrogen) atoms. The molecule has 0 unspecified atom stereocenters. The molecule has 1 aromatic heterocycles. The van der Waals surface area contributed by atoms with Gasteiger partial charge >= 0.3 is 0 Å². The summed E-state index contributed by atoms with van der Waals surface area (Å²) in [6, 6.07) is 18.9. The molecule has 1 nitrogen and oxygen atoms in total. The molecule has 0 spiro atoms. The van der Waals surface area contributed by atoms with Gasteiger partial charge in [0.05, 0.1) is 5.52 Å². The highest BCUT2D eigenvalue weighted by atomic mass is 14.6. The molecule has 0 amide bonds. The lowest BCUT2D eigenvalue weighted by Crippen LogP contribution is -1.84. The summed E-state index contributed by atoms with van der Waals surface area (Å²) in [6.07, 6.45) is 1.87. The third-order valence-electron chi connectivity index (χ3n) is 3.01. The topological polar surface area (TPSA) is 12.9 Å². The van der Waals surface area contributed by atoms with Crippen LogP contribution >= 0.6 is 0 Å². The number of para-hydroxylation sites is 1. The van der Waals surface area contributed by atoms with Gasteiger partial charge in [0.25, 0.3) is 0 Å². The number of aromatic nitrogens is 1. The van der Waals surface area contributed by atoms with Gasteiger partial charge in [0.15, 0.2) is 0 Å². The van der Waals surface area contributed by atoms with Gasteiger partial charge in [-0.3, -0.25) is 4.98 Å². The Morgan fingerprint density at radius 3 is 2.41 bits per heavy atom. The van der Waals surface area contributed by atoms with Crippen LogP contribution in [0.2, 0.25) is 0 Å². The summed E-state index contributed by atoms with van der Waals surface area (Å²) in [6.45, 7) is 2.11. The van der Waals surface area contributed by atoms with Gasteiger partial charge in [-0.25, -0.2) is 0 Å². The molecular weight excluding hydrogens is 206 g/mol. The van der Waals surface area contributed by atoms with Crippen molar-refractivity contribution in [2.24, 2.45) is 0 Å². The van der Waals surface area contributed by atoms with Crippen LogP contribution in [0, 0.1) is 6.92 Å². The molecule has 2 aromatic carbocycles. The maximum atomic E-state index is 4.38. The van der Waals surface area contributed by atoms with Crippen LogP contribution in [0.25, 0.3) is 22.0 Å². The summed E-state index contributed by atoms with van der Waals surface area (Å²) >= 11 is 0. The second-order valence-electron chi connectivity index (χ2n) is 4.24. The molecule has 1 heteroatoms. The number of aryl methyl sites for hydroxylation is 1. The summed E-state index contributed by atoms with van der Waals surface area (Å²) in [5.41, 5.74) is 4.82. The highest BCUT2D eigenvalue weighted by Gasteiger charge is 2.03. The lowest BCUT2D eigenvalue weighted by atomic mass is 10.0. The standard InChI is InChI=1S/C16H13N/c1-12-6-8-13(9-7-12)14-10-11-17-16-5-3-2-4-15(14)16/h2-11H,1H3. The number of rotatable bonds is 1. The fourth-order valence-electron chi connectivity index (χ4n) is 2.08. The van der Waals surface area contributed by atoms with Crippen LogP contribution in [0.5, 0.6) is 0 Å². The Bertz CT molecular complexity index is 648. The summed E-state index contributed by atoms with van der Waals surface area (Å²) in [5, 5.41) is 1.21. The van der Waals surface area contributed by atoms with Crippen molar-refractivity contribution >= 4 is 10.9 Å². The Morgan fingerprint density at radius 1 is 0.824 bits per heavy atom. The second-order valence-corrected chi connectivity index (χ2v) is 4.24. The first kappa shape index (κ1) is 10.0. The Kier molecular flexibility index (Phi) is 2.37. The number of hydrogen-bond acceptors (Lipinski definition) is 1. The van der Waals surface area contributed by atoms with E-state index in [9.17, 15) is 0 Å². The first-order valence-electron chi connectivity index (χ1n) is 5.75. The molecular formula is C16H13N. The molecule has 0 saturated heterocycles. The van der Waals surface area contributed by atoms with Crippen molar-refractivity contribution in [2.45, 2.75) is 6.92 Å². The maximum absolute atomic E-state index is 4.38. The Morgan fingerprint density at radius 2 is 1.59 bits per heavy atom. The number of hydrogen-bond donors (Lipinski definition) is 0. The molecule has 82 valence electrons. The quantitative estimate of drug-likeness (QED) is 0.597. The lowest BCUT2D eigenvalue weighted by molar-refractivity contribution is 1.41. The van der Waals surface area contributed by atoms with Gasteiger partial charge in [-0.15, -0.1) is 0 Å². The average molecular weight is 219 g/mol. The summed E-state index contributed by atoms with van der Waals surface area (Å²) in [7, 11) is 0. The predicted molar refractivity (Wildman–Crippen MR) is 71.9 cm³/mol. The van der Waals surface area contributed by atoms with E-state index in [1.54, 1.807) is 0 Å². The second kappa shape index (κ2) is 4.02. The minimum atomic E-state index is 1.05. The Hall–Kier alpha value is -2.15. The van der Waals surface area contributed by atoms with E-state index in [0.717, 1.165) is 5.52 Å². The van der Waals surface area contributed by atoms with Crippen LogP contribution in [0.3, 0.4) is 0 Å². The van der Waals surface area contributed by atoms with Gasteiger partial charge in [0.2, 0.25) is 0 Å². The fraction of sp³-hybridized carbons (Fsp3) is 0.0625. The molecule has 1 heterocycles. The predicted octanol–water partition coefficient (Wildman–Crippen LogP) is 4.21. The maximum Gasteiger partial charge on any atom is 0.0708 e. The van der Waals surface area contributed by atoms with Gasteiger partial charge < -0.3 is 0 Å².